The SMILES string of the molecule is COc1cc2cc(C(=O)N3CCCC(c4cc5ncccc5[nH]4)C3)n(C)c2cc1OC. The van der Waals surface area contributed by atoms with Gasteiger partial charge in [-0.1, -0.05) is 0 Å². The summed E-state index contributed by atoms with van der Waals surface area (Å²) >= 11 is 0. The van der Waals surface area contributed by atoms with Crippen LogP contribution in [0.4, 0.5) is 0 Å². The van der Waals surface area contributed by atoms with Crippen LogP contribution in [0.15, 0.2) is 42.6 Å². The van der Waals surface area contributed by atoms with Crippen LogP contribution in [0.1, 0.15) is 34.9 Å². The fourth-order valence-corrected chi connectivity index (χ4v) is 4.64. The molecular weight excluding hydrogens is 392 g/mol. The van der Waals surface area contributed by atoms with Crippen molar-refractivity contribution in [2.45, 2.75) is 18.8 Å². The highest BCUT2D eigenvalue weighted by molar-refractivity contribution is 5.99. The van der Waals surface area contributed by atoms with Crippen LogP contribution in [0.5, 0.6) is 11.5 Å². The van der Waals surface area contributed by atoms with E-state index >= 15 is 0 Å². The number of H-pyrrole nitrogens is 1. The highest BCUT2D eigenvalue weighted by atomic mass is 16.5. The van der Waals surface area contributed by atoms with Crippen molar-refractivity contribution in [1.82, 2.24) is 19.4 Å². The number of carbonyl (C=O) groups excluding carboxylic acids is 1. The Morgan fingerprint density at radius 1 is 1.16 bits per heavy atom. The molecule has 1 aromatic carbocycles. The molecule has 3 aromatic heterocycles. The zero-order valence-electron chi connectivity index (χ0n) is 18.0. The monoisotopic (exact) mass is 418 g/mol. The first-order valence-electron chi connectivity index (χ1n) is 10.5. The largest absolute Gasteiger partial charge is 0.493 e. The molecule has 1 unspecified atom stereocenters. The predicted octanol–water partition coefficient (Wildman–Crippen LogP) is 4.09. The van der Waals surface area contributed by atoms with Crippen LogP contribution in [0.2, 0.25) is 0 Å². The average Bonchev–Trinajstić information content (AvgIpc) is 3.39. The van der Waals surface area contributed by atoms with Crippen LogP contribution >= 0.6 is 0 Å². The number of carbonyl (C=O) groups is 1. The molecule has 1 atom stereocenters. The third-order valence-electron chi connectivity index (χ3n) is 6.33. The number of aromatic nitrogens is 3. The van der Waals surface area contributed by atoms with Gasteiger partial charge in [-0.25, -0.2) is 0 Å². The predicted molar refractivity (Wildman–Crippen MR) is 120 cm³/mol. The Hall–Kier alpha value is -3.48. The summed E-state index contributed by atoms with van der Waals surface area (Å²) in [6.07, 6.45) is 3.84. The van der Waals surface area contributed by atoms with Crippen molar-refractivity contribution in [3.63, 3.8) is 0 Å². The molecule has 1 amide bonds. The smallest absolute Gasteiger partial charge is 0.270 e. The molecule has 0 spiro atoms. The molecule has 1 saturated heterocycles. The molecule has 1 fully saturated rings. The van der Waals surface area contributed by atoms with Crippen molar-refractivity contribution in [2.24, 2.45) is 7.05 Å². The van der Waals surface area contributed by atoms with E-state index in [1.54, 1.807) is 20.4 Å². The van der Waals surface area contributed by atoms with E-state index in [4.69, 9.17) is 9.47 Å². The van der Waals surface area contributed by atoms with E-state index in [0.717, 1.165) is 47.0 Å². The molecule has 31 heavy (non-hydrogen) atoms. The number of amides is 1. The van der Waals surface area contributed by atoms with E-state index in [-0.39, 0.29) is 11.8 Å². The molecule has 7 nitrogen and oxygen atoms in total. The van der Waals surface area contributed by atoms with Crippen molar-refractivity contribution >= 4 is 27.8 Å². The molecule has 1 N–H and O–H groups in total. The summed E-state index contributed by atoms with van der Waals surface area (Å²) in [4.78, 5) is 23.4. The third-order valence-corrected chi connectivity index (χ3v) is 6.33. The maximum atomic E-state index is 13.5. The Labute approximate surface area is 180 Å². The van der Waals surface area contributed by atoms with Crippen LogP contribution in [0, 0.1) is 0 Å². The van der Waals surface area contributed by atoms with Gasteiger partial charge in [-0.2, -0.15) is 0 Å². The minimum Gasteiger partial charge on any atom is -0.493 e. The van der Waals surface area contributed by atoms with Gasteiger partial charge >= 0.3 is 0 Å². The van der Waals surface area contributed by atoms with Gasteiger partial charge in [-0.3, -0.25) is 9.78 Å². The fraction of sp³-hybridized carbons (Fsp3) is 0.333. The number of hydrogen-bond donors (Lipinski definition) is 1. The average molecular weight is 418 g/mol. The van der Waals surface area contributed by atoms with Gasteiger partial charge in [0, 0.05) is 49.4 Å². The number of nitrogens with one attached hydrogen (secondary N) is 1. The lowest BCUT2D eigenvalue weighted by Gasteiger charge is -2.32. The van der Waals surface area contributed by atoms with Gasteiger partial charge in [0.2, 0.25) is 0 Å². The van der Waals surface area contributed by atoms with Gasteiger partial charge in [0.15, 0.2) is 11.5 Å². The topological polar surface area (TPSA) is 72.4 Å². The highest BCUT2D eigenvalue weighted by Crippen LogP contribution is 2.34. The number of hydrogen-bond acceptors (Lipinski definition) is 4. The lowest BCUT2D eigenvalue weighted by molar-refractivity contribution is 0.0697. The quantitative estimate of drug-likeness (QED) is 0.542. The molecule has 4 aromatic rings. The standard InChI is InChI=1S/C24H26N4O3/c1-27-20-13-23(31-3)22(30-2)11-16(20)10-21(27)24(29)28-9-5-6-15(14-28)18-12-19-17(26-18)7-4-8-25-19/h4,7-8,10-13,15,26H,5-6,9,14H2,1-3H3. The normalized spacial score (nSPS) is 16.7. The first-order chi connectivity index (χ1) is 15.1. The van der Waals surface area contributed by atoms with Crippen LogP contribution in [-0.4, -0.2) is 52.7 Å². The van der Waals surface area contributed by atoms with Gasteiger partial charge in [-0.05, 0) is 43.2 Å². The molecule has 5 rings (SSSR count). The molecule has 0 aliphatic carbocycles. The summed E-state index contributed by atoms with van der Waals surface area (Å²) in [5.41, 5.74) is 4.77. The molecule has 0 bridgehead atoms. The number of aromatic amines is 1. The first kappa shape index (κ1) is 19.5. The first-order valence-corrected chi connectivity index (χ1v) is 10.5. The Morgan fingerprint density at radius 3 is 2.74 bits per heavy atom. The summed E-state index contributed by atoms with van der Waals surface area (Å²) in [5, 5.41) is 0.957. The van der Waals surface area contributed by atoms with Crippen molar-refractivity contribution in [1.29, 1.82) is 0 Å². The molecule has 4 heterocycles. The third kappa shape index (κ3) is 3.30. The summed E-state index contributed by atoms with van der Waals surface area (Å²) in [5.74, 6) is 1.64. The van der Waals surface area contributed by atoms with Gasteiger partial charge < -0.3 is 23.9 Å². The Morgan fingerprint density at radius 2 is 1.97 bits per heavy atom. The number of piperidine rings is 1. The number of ether oxygens (including phenoxy) is 2. The van der Waals surface area contributed by atoms with E-state index < -0.39 is 0 Å². The number of aryl methyl sites for hydroxylation is 1. The summed E-state index contributed by atoms with van der Waals surface area (Å²) < 4.78 is 12.8. The maximum absolute atomic E-state index is 13.5. The lowest BCUT2D eigenvalue weighted by atomic mass is 9.94. The van der Waals surface area contributed by atoms with Gasteiger partial charge in [-0.15, -0.1) is 0 Å². The van der Waals surface area contributed by atoms with E-state index in [1.807, 2.05) is 46.8 Å². The second-order valence-electron chi connectivity index (χ2n) is 8.11. The fourth-order valence-electron chi connectivity index (χ4n) is 4.64. The van der Waals surface area contributed by atoms with Crippen LogP contribution < -0.4 is 9.47 Å². The molecule has 7 heteroatoms. The molecule has 0 saturated carbocycles. The molecule has 160 valence electrons. The number of benzene rings is 1. The summed E-state index contributed by atoms with van der Waals surface area (Å²) in [6.45, 7) is 1.46. The van der Waals surface area contributed by atoms with Crippen molar-refractivity contribution in [3.8, 4) is 11.5 Å². The Balaban J connectivity index is 1.44. The van der Waals surface area contributed by atoms with E-state index in [1.165, 1.54) is 0 Å². The lowest BCUT2D eigenvalue weighted by Crippen LogP contribution is -2.39. The minimum atomic E-state index is 0.0515. The summed E-state index contributed by atoms with van der Waals surface area (Å²) in [6, 6.07) is 11.9. The van der Waals surface area contributed by atoms with Gasteiger partial charge in [0.25, 0.3) is 5.91 Å². The van der Waals surface area contributed by atoms with Crippen molar-refractivity contribution in [2.75, 3.05) is 27.3 Å². The Bertz CT molecular complexity index is 1240. The van der Waals surface area contributed by atoms with Gasteiger partial charge in [0.05, 0.1) is 30.8 Å². The molecule has 0 radical (unpaired) electrons. The second kappa shape index (κ2) is 7.65. The molecule has 1 aliphatic heterocycles. The van der Waals surface area contributed by atoms with Crippen molar-refractivity contribution in [3.05, 3.63) is 54.0 Å². The zero-order valence-corrected chi connectivity index (χ0v) is 18.0. The van der Waals surface area contributed by atoms with Crippen LogP contribution in [0.3, 0.4) is 0 Å². The highest BCUT2D eigenvalue weighted by Gasteiger charge is 2.28. The van der Waals surface area contributed by atoms with Gasteiger partial charge in [0.1, 0.15) is 5.69 Å². The molecular formula is C24H26N4O3. The number of pyridine rings is 1. The number of fused-ring (bicyclic) bond motifs is 2. The zero-order chi connectivity index (χ0) is 21.5. The second-order valence-corrected chi connectivity index (χ2v) is 8.11. The van der Waals surface area contributed by atoms with Crippen LogP contribution in [0.25, 0.3) is 21.9 Å². The number of likely N-dealkylation sites (tertiary alicyclic amines) is 1. The van der Waals surface area contributed by atoms with E-state index in [0.29, 0.717) is 23.7 Å². The molecule has 1 aliphatic rings. The number of nitrogens with zero attached hydrogens (tertiary/aromatic N) is 3. The van der Waals surface area contributed by atoms with E-state index in [9.17, 15) is 4.79 Å². The van der Waals surface area contributed by atoms with Crippen molar-refractivity contribution < 1.29 is 14.3 Å². The summed E-state index contributed by atoms with van der Waals surface area (Å²) in [7, 11) is 5.16. The van der Waals surface area contributed by atoms with E-state index in [2.05, 4.69) is 16.0 Å². The maximum Gasteiger partial charge on any atom is 0.270 e. The Kier molecular flexibility index (Phi) is 4.81. The van der Waals surface area contributed by atoms with Crippen LogP contribution in [-0.2, 0) is 7.05 Å². The number of methoxy groups -OCH3 is 2. The number of rotatable bonds is 4. The minimum absolute atomic E-state index is 0.0515.